The molecule has 2 atom stereocenters. The van der Waals surface area contributed by atoms with Crippen LogP contribution in [-0.4, -0.2) is 22.8 Å². The van der Waals surface area contributed by atoms with Gasteiger partial charge in [-0.3, -0.25) is 9.69 Å². The molecule has 3 aliphatic rings. The number of carbonyl (C=O) groups is 1. The molecule has 0 radical (unpaired) electrons. The van der Waals surface area contributed by atoms with Crippen molar-refractivity contribution in [3.63, 3.8) is 0 Å². The number of rotatable bonds is 4. The number of carbonyl (C=O) groups excluding carboxylic acids is 1. The third kappa shape index (κ3) is 3.44. The third-order valence-corrected chi connectivity index (χ3v) is 6.75. The van der Waals surface area contributed by atoms with Gasteiger partial charge in [-0.15, -0.1) is 0 Å². The summed E-state index contributed by atoms with van der Waals surface area (Å²) >= 11 is 0. The van der Waals surface area contributed by atoms with Crippen molar-refractivity contribution in [1.29, 1.82) is 0 Å². The maximum absolute atomic E-state index is 13.1. The fourth-order valence-corrected chi connectivity index (χ4v) is 5.46. The molecule has 0 N–H and O–H groups in total. The first-order valence-corrected chi connectivity index (χ1v) is 10.1. The van der Waals surface area contributed by atoms with E-state index >= 15 is 0 Å². The molecule has 0 aromatic heterocycles. The van der Waals surface area contributed by atoms with E-state index in [9.17, 15) is 4.79 Å². The van der Waals surface area contributed by atoms with Crippen LogP contribution in [0.3, 0.4) is 0 Å². The molecule has 2 saturated heterocycles. The van der Waals surface area contributed by atoms with Crippen LogP contribution in [0.4, 0.5) is 0 Å². The lowest BCUT2D eigenvalue weighted by Crippen LogP contribution is -2.45. The minimum atomic E-state index is 0.359. The Morgan fingerprint density at radius 3 is 2.08 bits per heavy atom. The van der Waals surface area contributed by atoms with E-state index in [-0.39, 0.29) is 0 Å². The molecule has 1 aromatic rings. The molecule has 1 aromatic carbocycles. The Bertz CT molecular complexity index is 532. The minimum absolute atomic E-state index is 0.359. The number of hydrogen-bond acceptors (Lipinski definition) is 2. The molecular formula is C22H31NO. The predicted octanol–water partition coefficient (Wildman–Crippen LogP) is 4.97. The van der Waals surface area contributed by atoms with Gasteiger partial charge in [0.1, 0.15) is 5.78 Å². The van der Waals surface area contributed by atoms with E-state index in [1.165, 1.54) is 56.9 Å². The lowest BCUT2D eigenvalue weighted by atomic mass is 9.80. The Morgan fingerprint density at radius 2 is 1.46 bits per heavy atom. The third-order valence-electron chi connectivity index (χ3n) is 6.75. The second-order valence-electron chi connectivity index (χ2n) is 8.30. The monoisotopic (exact) mass is 325 g/mol. The van der Waals surface area contributed by atoms with Crippen LogP contribution in [-0.2, 0) is 11.3 Å². The Kier molecular flexibility index (Phi) is 5.03. The van der Waals surface area contributed by atoms with Gasteiger partial charge in [-0.2, -0.15) is 0 Å². The van der Waals surface area contributed by atoms with Gasteiger partial charge in [0.05, 0.1) is 0 Å². The highest BCUT2D eigenvalue weighted by Gasteiger charge is 2.43. The van der Waals surface area contributed by atoms with Gasteiger partial charge in [-0.05, 0) is 44.1 Å². The van der Waals surface area contributed by atoms with E-state index in [0.717, 1.165) is 19.4 Å². The molecule has 2 nitrogen and oxygen atoms in total. The van der Waals surface area contributed by atoms with E-state index in [1.54, 1.807) is 0 Å². The van der Waals surface area contributed by atoms with Crippen LogP contribution < -0.4 is 0 Å². The van der Waals surface area contributed by atoms with E-state index in [0.29, 0.717) is 29.7 Å². The largest absolute Gasteiger partial charge is 0.299 e. The van der Waals surface area contributed by atoms with Crippen LogP contribution >= 0.6 is 0 Å². The number of ketones is 1. The average molecular weight is 325 g/mol. The number of Topliss-reactive ketones (excluding diaryl/α,β-unsaturated/α-hetero) is 1. The second kappa shape index (κ2) is 7.39. The van der Waals surface area contributed by atoms with Gasteiger partial charge in [0.15, 0.2) is 0 Å². The number of nitrogens with zero attached hydrogens (tertiary/aromatic N) is 1. The number of benzene rings is 1. The molecule has 2 heterocycles. The van der Waals surface area contributed by atoms with Crippen LogP contribution in [0.1, 0.15) is 69.8 Å². The van der Waals surface area contributed by atoms with Crippen molar-refractivity contribution in [3.8, 4) is 0 Å². The van der Waals surface area contributed by atoms with E-state index in [1.807, 2.05) is 0 Å². The summed E-state index contributed by atoms with van der Waals surface area (Å²) in [5.74, 6) is 1.38. The van der Waals surface area contributed by atoms with Gasteiger partial charge in [0.25, 0.3) is 0 Å². The number of fused-ring (bicyclic) bond motifs is 2. The first kappa shape index (κ1) is 16.3. The molecule has 0 amide bonds. The van der Waals surface area contributed by atoms with Crippen LogP contribution in [0.5, 0.6) is 0 Å². The summed E-state index contributed by atoms with van der Waals surface area (Å²) in [5, 5.41) is 0. The highest BCUT2D eigenvalue weighted by molar-refractivity contribution is 5.83. The maximum atomic E-state index is 13.1. The summed E-state index contributed by atoms with van der Waals surface area (Å²) in [7, 11) is 0. The van der Waals surface area contributed by atoms with Crippen molar-refractivity contribution in [1.82, 2.24) is 4.90 Å². The van der Waals surface area contributed by atoms with Crippen LogP contribution in [0.15, 0.2) is 30.3 Å². The van der Waals surface area contributed by atoms with Gasteiger partial charge in [0, 0.05) is 30.5 Å². The highest BCUT2D eigenvalue weighted by Crippen LogP contribution is 2.41. The molecule has 0 spiro atoms. The summed E-state index contributed by atoms with van der Waals surface area (Å²) in [6.07, 6.45) is 12.4. The molecule has 2 aliphatic heterocycles. The molecule has 2 unspecified atom stereocenters. The highest BCUT2D eigenvalue weighted by atomic mass is 16.1. The molecule has 4 rings (SSSR count). The van der Waals surface area contributed by atoms with Crippen molar-refractivity contribution in [2.24, 2.45) is 11.8 Å². The fraction of sp³-hybridized carbons (Fsp3) is 0.682. The molecule has 2 heteroatoms. The summed E-state index contributed by atoms with van der Waals surface area (Å²) in [6.45, 7) is 1.07. The summed E-state index contributed by atoms with van der Waals surface area (Å²) in [6, 6.07) is 12.1. The first-order valence-electron chi connectivity index (χ1n) is 10.1. The molecular weight excluding hydrogens is 294 g/mol. The Hall–Kier alpha value is -1.15. The van der Waals surface area contributed by atoms with Crippen LogP contribution in [0.2, 0.25) is 0 Å². The topological polar surface area (TPSA) is 20.3 Å². The van der Waals surface area contributed by atoms with Gasteiger partial charge in [0.2, 0.25) is 0 Å². The average Bonchev–Trinajstić information content (AvgIpc) is 2.85. The maximum Gasteiger partial charge on any atom is 0.139 e. The Balaban J connectivity index is 1.39. The van der Waals surface area contributed by atoms with Gasteiger partial charge >= 0.3 is 0 Å². The predicted molar refractivity (Wildman–Crippen MR) is 97.7 cm³/mol. The first-order chi connectivity index (χ1) is 11.8. The van der Waals surface area contributed by atoms with Crippen molar-refractivity contribution < 1.29 is 4.79 Å². The smallest absolute Gasteiger partial charge is 0.139 e. The lowest BCUT2D eigenvalue weighted by Gasteiger charge is -2.39. The Morgan fingerprint density at radius 1 is 0.833 bits per heavy atom. The molecule has 1 saturated carbocycles. The van der Waals surface area contributed by atoms with Gasteiger partial charge in [-0.25, -0.2) is 0 Å². The lowest BCUT2D eigenvalue weighted by molar-refractivity contribution is -0.129. The van der Waals surface area contributed by atoms with Crippen LogP contribution in [0.25, 0.3) is 0 Å². The van der Waals surface area contributed by atoms with E-state index in [4.69, 9.17) is 0 Å². The number of hydrogen-bond donors (Lipinski definition) is 0. The standard InChI is InChI=1S/C22H31NO/c24-22(18-10-6-1-2-7-11-18)19-14-20-12-13-21(15-19)23(20)16-17-8-4-3-5-9-17/h3-5,8-9,18-21H,1-2,6-7,10-16H2. The summed E-state index contributed by atoms with van der Waals surface area (Å²) in [4.78, 5) is 15.8. The van der Waals surface area contributed by atoms with Crippen LogP contribution in [0, 0.1) is 11.8 Å². The summed E-state index contributed by atoms with van der Waals surface area (Å²) < 4.78 is 0. The zero-order chi connectivity index (χ0) is 16.4. The minimum Gasteiger partial charge on any atom is -0.299 e. The van der Waals surface area contributed by atoms with Crippen molar-refractivity contribution in [3.05, 3.63) is 35.9 Å². The molecule has 24 heavy (non-hydrogen) atoms. The Labute approximate surface area is 146 Å². The van der Waals surface area contributed by atoms with Crippen molar-refractivity contribution in [2.45, 2.75) is 82.8 Å². The quantitative estimate of drug-likeness (QED) is 0.729. The number of piperidine rings is 1. The molecule has 3 fully saturated rings. The van der Waals surface area contributed by atoms with E-state index < -0.39 is 0 Å². The molecule has 1 aliphatic carbocycles. The SMILES string of the molecule is O=C(C1CCCCCC1)C1CC2CCC(C1)N2Cc1ccccc1. The van der Waals surface area contributed by atoms with E-state index in [2.05, 4.69) is 35.2 Å². The second-order valence-corrected chi connectivity index (χ2v) is 8.30. The normalized spacial score (nSPS) is 31.8. The molecule has 130 valence electrons. The van der Waals surface area contributed by atoms with Crippen molar-refractivity contribution in [2.75, 3.05) is 0 Å². The van der Waals surface area contributed by atoms with Crippen molar-refractivity contribution >= 4 is 5.78 Å². The zero-order valence-corrected chi connectivity index (χ0v) is 14.8. The summed E-state index contributed by atoms with van der Waals surface area (Å²) in [5.41, 5.74) is 1.42. The zero-order valence-electron chi connectivity index (χ0n) is 14.8. The van der Waals surface area contributed by atoms with Gasteiger partial charge in [-0.1, -0.05) is 56.0 Å². The molecule has 2 bridgehead atoms. The van der Waals surface area contributed by atoms with Gasteiger partial charge < -0.3 is 0 Å². The fourth-order valence-electron chi connectivity index (χ4n) is 5.46.